The number of anilines is 1. The van der Waals surface area contributed by atoms with Crippen molar-refractivity contribution >= 4 is 22.6 Å². The van der Waals surface area contributed by atoms with Gasteiger partial charge >= 0.3 is 0 Å². The predicted molar refractivity (Wildman–Crippen MR) is 75.8 cm³/mol. The molecule has 0 bridgehead atoms. The van der Waals surface area contributed by atoms with E-state index >= 15 is 0 Å². The number of nitrogens with one attached hydrogen (secondary N) is 1. The fourth-order valence-corrected chi connectivity index (χ4v) is 3.18. The molecule has 0 atom stereocenters. The standard InChI is InChI=1S/C14H15N3OS/c1-8-6-7-12(11-5-3-4-10(8)11)13(18)16-14-15-9(2)17-19-14/h6-7H,3-5H2,1-2H3,(H,15,16,17,18). The summed E-state index contributed by atoms with van der Waals surface area (Å²) in [7, 11) is 0. The highest BCUT2D eigenvalue weighted by Gasteiger charge is 2.21. The summed E-state index contributed by atoms with van der Waals surface area (Å²) in [6.45, 7) is 3.93. The van der Waals surface area contributed by atoms with Gasteiger partial charge in [0, 0.05) is 17.1 Å². The Kier molecular flexibility index (Phi) is 3.06. The van der Waals surface area contributed by atoms with Crippen molar-refractivity contribution in [1.82, 2.24) is 9.36 Å². The number of carbonyl (C=O) groups is 1. The van der Waals surface area contributed by atoms with Crippen molar-refractivity contribution in [2.45, 2.75) is 33.1 Å². The predicted octanol–water partition coefficient (Wildman–Crippen LogP) is 2.90. The van der Waals surface area contributed by atoms with Gasteiger partial charge in [0.05, 0.1) is 0 Å². The molecule has 1 heterocycles. The SMILES string of the molecule is Cc1nsc(NC(=O)c2ccc(C)c3c2CCC3)n1. The summed E-state index contributed by atoms with van der Waals surface area (Å²) in [6.07, 6.45) is 3.22. The van der Waals surface area contributed by atoms with E-state index < -0.39 is 0 Å². The lowest BCUT2D eigenvalue weighted by Crippen LogP contribution is -2.14. The lowest BCUT2D eigenvalue weighted by molar-refractivity contribution is 0.102. The van der Waals surface area contributed by atoms with Gasteiger partial charge in [-0.25, -0.2) is 4.98 Å². The van der Waals surface area contributed by atoms with Crippen molar-refractivity contribution in [2.24, 2.45) is 0 Å². The monoisotopic (exact) mass is 273 g/mol. The van der Waals surface area contributed by atoms with E-state index in [-0.39, 0.29) is 5.91 Å². The smallest absolute Gasteiger partial charge is 0.257 e. The van der Waals surface area contributed by atoms with E-state index in [1.807, 2.05) is 19.1 Å². The number of aryl methyl sites for hydroxylation is 2. The summed E-state index contributed by atoms with van der Waals surface area (Å²) >= 11 is 1.22. The van der Waals surface area contributed by atoms with Crippen LogP contribution in [0.5, 0.6) is 0 Å². The van der Waals surface area contributed by atoms with Gasteiger partial charge in [-0.15, -0.1) is 0 Å². The number of rotatable bonds is 2. The van der Waals surface area contributed by atoms with Crippen LogP contribution >= 0.6 is 11.5 Å². The van der Waals surface area contributed by atoms with E-state index in [0.717, 1.165) is 24.8 Å². The molecule has 0 radical (unpaired) electrons. The minimum Gasteiger partial charge on any atom is -0.297 e. The molecule has 1 amide bonds. The van der Waals surface area contributed by atoms with Crippen LogP contribution in [0.2, 0.25) is 0 Å². The number of carbonyl (C=O) groups excluding carboxylic acids is 1. The number of nitrogens with zero attached hydrogens (tertiary/aromatic N) is 2. The van der Waals surface area contributed by atoms with Crippen LogP contribution < -0.4 is 5.32 Å². The number of hydrogen-bond acceptors (Lipinski definition) is 4. The first-order valence-electron chi connectivity index (χ1n) is 6.38. The van der Waals surface area contributed by atoms with E-state index in [9.17, 15) is 4.79 Å². The van der Waals surface area contributed by atoms with Gasteiger partial charge in [0.1, 0.15) is 5.82 Å². The zero-order valence-corrected chi connectivity index (χ0v) is 11.8. The van der Waals surface area contributed by atoms with E-state index in [4.69, 9.17) is 0 Å². The first-order valence-corrected chi connectivity index (χ1v) is 7.15. The topological polar surface area (TPSA) is 54.9 Å². The molecule has 1 aliphatic carbocycles. The van der Waals surface area contributed by atoms with Gasteiger partial charge in [0.15, 0.2) is 0 Å². The van der Waals surface area contributed by atoms with Crippen LogP contribution in [0.15, 0.2) is 12.1 Å². The number of aromatic nitrogens is 2. The van der Waals surface area contributed by atoms with Crippen LogP contribution in [0, 0.1) is 13.8 Å². The van der Waals surface area contributed by atoms with Crippen LogP contribution in [0.3, 0.4) is 0 Å². The Balaban J connectivity index is 1.90. The highest BCUT2D eigenvalue weighted by molar-refractivity contribution is 7.09. The fraction of sp³-hybridized carbons (Fsp3) is 0.357. The van der Waals surface area contributed by atoms with Crippen LogP contribution in [-0.4, -0.2) is 15.3 Å². The van der Waals surface area contributed by atoms with Gasteiger partial charge < -0.3 is 0 Å². The molecule has 0 unspecified atom stereocenters. The molecule has 0 aliphatic heterocycles. The average molecular weight is 273 g/mol. The largest absolute Gasteiger partial charge is 0.297 e. The number of benzene rings is 1. The van der Waals surface area contributed by atoms with E-state index in [1.54, 1.807) is 0 Å². The molecule has 3 rings (SSSR count). The minimum atomic E-state index is -0.0747. The Morgan fingerprint density at radius 3 is 2.79 bits per heavy atom. The quantitative estimate of drug-likeness (QED) is 0.915. The third-order valence-electron chi connectivity index (χ3n) is 3.51. The third-order valence-corrected chi connectivity index (χ3v) is 4.23. The molecular formula is C14H15N3OS. The van der Waals surface area contributed by atoms with E-state index in [2.05, 4.69) is 21.6 Å². The maximum absolute atomic E-state index is 12.3. The highest BCUT2D eigenvalue weighted by Crippen LogP contribution is 2.28. The Labute approximate surface area is 116 Å². The summed E-state index contributed by atoms with van der Waals surface area (Å²) in [5.74, 6) is 0.615. The Hall–Kier alpha value is -1.75. The zero-order chi connectivity index (χ0) is 13.4. The van der Waals surface area contributed by atoms with Crippen molar-refractivity contribution in [3.8, 4) is 0 Å². The second-order valence-corrected chi connectivity index (χ2v) is 5.59. The van der Waals surface area contributed by atoms with Crippen molar-refractivity contribution in [2.75, 3.05) is 5.32 Å². The highest BCUT2D eigenvalue weighted by atomic mass is 32.1. The van der Waals surface area contributed by atoms with Gasteiger partial charge in [-0.1, -0.05) is 6.07 Å². The fourth-order valence-electron chi connectivity index (χ4n) is 2.61. The molecule has 98 valence electrons. The summed E-state index contributed by atoms with van der Waals surface area (Å²) in [5, 5.41) is 3.40. The van der Waals surface area contributed by atoms with Crippen LogP contribution in [0.1, 0.15) is 39.3 Å². The molecule has 1 aromatic heterocycles. The van der Waals surface area contributed by atoms with Crippen LogP contribution in [0.4, 0.5) is 5.13 Å². The summed E-state index contributed by atoms with van der Waals surface area (Å²) in [6, 6.07) is 3.95. The number of fused-ring (bicyclic) bond motifs is 1. The van der Waals surface area contributed by atoms with E-state index in [0.29, 0.717) is 11.0 Å². The van der Waals surface area contributed by atoms with Gasteiger partial charge in [-0.2, -0.15) is 4.37 Å². The zero-order valence-electron chi connectivity index (χ0n) is 11.0. The molecule has 0 saturated carbocycles. The molecule has 5 heteroatoms. The van der Waals surface area contributed by atoms with Gasteiger partial charge in [0.2, 0.25) is 5.13 Å². The normalized spacial score (nSPS) is 13.4. The first-order chi connectivity index (χ1) is 9.15. The molecular weight excluding hydrogens is 258 g/mol. The van der Waals surface area contributed by atoms with Gasteiger partial charge in [-0.3, -0.25) is 10.1 Å². The average Bonchev–Trinajstić information content (AvgIpc) is 2.99. The molecule has 0 fully saturated rings. The van der Waals surface area contributed by atoms with Crippen molar-refractivity contribution in [3.63, 3.8) is 0 Å². The van der Waals surface area contributed by atoms with Gasteiger partial charge in [-0.05, 0) is 55.9 Å². The third kappa shape index (κ3) is 2.26. The first kappa shape index (κ1) is 12.3. The molecule has 4 nitrogen and oxygen atoms in total. The van der Waals surface area contributed by atoms with Crippen molar-refractivity contribution in [1.29, 1.82) is 0 Å². The molecule has 1 aromatic carbocycles. The molecule has 1 aliphatic rings. The minimum absolute atomic E-state index is 0.0747. The van der Waals surface area contributed by atoms with Gasteiger partial charge in [0.25, 0.3) is 5.91 Å². The van der Waals surface area contributed by atoms with E-state index in [1.165, 1.54) is 28.2 Å². The molecule has 1 N–H and O–H groups in total. The summed E-state index contributed by atoms with van der Waals surface area (Å²) in [4.78, 5) is 16.5. The summed E-state index contributed by atoms with van der Waals surface area (Å²) < 4.78 is 4.07. The lowest BCUT2D eigenvalue weighted by atomic mass is 9.98. The van der Waals surface area contributed by atoms with Crippen LogP contribution in [-0.2, 0) is 12.8 Å². The number of amides is 1. The molecule has 2 aromatic rings. The lowest BCUT2D eigenvalue weighted by Gasteiger charge is -2.09. The molecule has 0 saturated heterocycles. The summed E-state index contributed by atoms with van der Waals surface area (Å²) in [5.41, 5.74) is 4.63. The Bertz CT molecular complexity index is 648. The van der Waals surface area contributed by atoms with Crippen molar-refractivity contribution < 1.29 is 4.79 Å². The second-order valence-electron chi connectivity index (χ2n) is 4.84. The Morgan fingerprint density at radius 2 is 2.05 bits per heavy atom. The maximum atomic E-state index is 12.3. The second kappa shape index (κ2) is 4.74. The Morgan fingerprint density at radius 1 is 1.26 bits per heavy atom. The molecule has 0 spiro atoms. The number of hydrogen-bond donors (Lipinski definition) is 1. The van der Waals surface area contributed by atoms with Crippen LogP contribution in [0.25, 0.3) is 0 Å². The maximum Gasteiger partial charge on any atom is 0.257 e. The molecule has 19 heavy (non-hydrogen) atoms. The van der Waals surface area contributed by atoms with Crippen molar-refractivity contribution in [3.05, 3.63) is 40.2 Å².